The first-order chi connectivity index (χ1) is 15.8. The van der Waals surface area contributed by atoms with Gasteiger partial charge in [0, 0.05) is 5.69 Å². The standard InChI is InChI=1S/C23H29N3O7/c1-3-32-19(28)13-25(17-10-5-4-6-11-17)18(27)15-33-20(29)14-26-21(30)23(24-22(26)31)12-8-7-9-16(23)2/h4-6,10-11,16H,3,7-9,12-15H2,1-2H3,(H,24,31). The van der Waals surface area contributed by atoms with Crippen molar-refractivity contribution in [2.75, 3.05) is 31.2 Å². The van der Waals surface area contributed by atoms with Gasteiger partial charge in [-0.15, -0.1) is 0 Å². The Morgan fingerprint density at radius 2 is 1.85 bits per heavy atom. The van der Waals surface area contributed by atoms with Crippen LogP contribution in [0.1, 0.15) is 39.5 Å². The molecule has 2 fully saturated rings. The minimum atomic E-state index is -0.977. The SMILES string of the molecule is CCOC(=O)CN(C(=O)COC(=O)CN1C(=O)NC2(CCCCC2C)C1=O)c1ccccc1. The van der Waals surface area contributed by atoms with Gasteiger partial charge in [0.15, 0.2) is 6.61 Å². The first kappa shape index (κ1) is 24.2. The molecule has 0 aromatic heterocycles. The normalized spacial score (nSPS) is 22.1. The van der Waals surface area contributed by atoms with E-state index in [2.05, 4.69) is 5.32 Å². The van der Waals surface area contributed by atoms with Crippen LogP contribution in [0.15, 0.2) is 30.3 Å². The number of imide groups is 1. The number of nitrogens with zero attached hydrogens (tertiary/aromatic N) is 2. The molecule has 0 radical (unpaired) electrons. The van der Waals surface area contributed by atoms with Crippen LogP contribution in [0.3, 0.4) is 0 Å². The highest BCUT2D eigenvalue weighted by Crippen LogP contribution is 2.38. The second-order valence-electron chi connectivity index (χ2n) is 8.22. The van der Waals surface area contributed by atoms with E-state index in [0.29, 0.717) is 12.1 Å². The molecule has 0 bridgehead atoms. The summed E-state index contributed by atoms with van der Waals surface area (Å²) >= 11 is 0. The number of anilines is 1. The number of rotatable bonds is 8. The van der Waals surface area contributed by atoms with Crippen molar-refractivity contribution in [3.05, 3.63) is 30.3 Å². The Kier molecular flexibility index (Phi) is 7.67. The molecule has 1 aromatic carbocycles. The molecule has 1 saturated heterocycles. The molecular weight excluding hydrogens is 430 g/mol. The van der Waals surface area contributed by atoms with E-state index in [1.54, 1.807) is 37.3 Å². The van der Waals surface area contributed by atoms with E-state index in [-0.39, 0.29) is 19.1 Å². The van der Waals surface area contributed by atoms with E-state index in [1.807, 2.05) is 6.92 Å². The molecular formula is C23H29N3O7. The van der Waals surface area contributed by atoms with Crippen LogP contribution in [-0.4, -0.2) is 66.5 Å². The summed E-state index contributed by atoms with van der Waals surface area (Å²) in [6.45, 7) is 2.15. The maximum atomic E-state index is 13.0. The van der Waals surface area contributed by atoms with Crippen LogP contribution in [0.2, 0.25) is 0 Å². The number of urea groups is 1. The highest BCUT2D eigenvalue weighted by Gasteiger charge is 2.55. The Morgan fingerprint density at radius 1 is 1.12 bits per heavy atom. The first-order valence-electron chi connectivity index (χ1n) is 11.1. The van der Waals surface area contributed by atoms with Gasteiger partial charge < -0.3 is 14.8 Å². The van der Waals surface area contributed by atoms with Crippen molar-refractivity contribution in [3.8, 4) is 0 Å². The van der Waals surface area contributed by atoms with Crippen LogP contribution in [0.25, 0.3) is 0 Å². The molecule has 1 aromatic rings. The molecule has 1 heterocycles. The molecule has 3 rings (SSSR count). The summed E-state index contributed by atoms with van der Waals surface area (Å²) in [5.74, 6) is -2.61. The van der Waals surface area contributed by atoms with Gasteiger partial charge in [-0.3, -0.25) is 29.0 Å². The molecule has 1 aliphatic carbocycles. The van der Waals surface area contributed by atoms with E-state index in [4.69, 9.17) is 9.47 Å². The van der Waals surface area contributed by atoms with Gasteiger partial charge in [0.1, 0.15) is 18.6 Å². The van der Waals surface area contributed by atoms with Crippen molar-refractivity contribution in [1.29, 1.82) is 0 Å². The fourth-order valence-electron chi connectivity index (χ4n) is 4.30. The van der Waals surface area contributed by atoms with Gasteiger partial charge in [0.25, 0.3) is 11.8 Å². The van der Waals surface area contributed by atoms with Gasteiger partial charge in [-0.05, 0) is 37.8 Å². The fraction of sp³-hybridized carbons (Fsp3) is 0.522. The number of ether oxygens (including phenoxy) is 2. The van der Waals surface area contributed by atoms with E-state index in [1.165, 1.54) is 0 Å². The van der Waals surface area contributed by atoms with E-state index in [9.17, 15) is 24.0 Å². The molecule has 1 aliphatic heterocycles. The second-order valence-corrected chi connectivity index (χ2v) is 8.22. The molecule has 2 aliphatic rings. The molecule has 4 amide bonds. The summed E-state index contributed by atoms with van der Waals surface area (Å²) in [4.78, 5) is 64.4. The van der Waals surface area contributed by atoms with E-state index >= 15 is 0 Å². The minimum Gasteiger partial charge on any atom is -0.465 e. The molecule has 2 atom stereocenters. The van der Waals surface area contributed by atoms with Gasteiger partial charge in [-0.2, -0.15) is 0 Å². The van der Waals surface area contributed by atoms with Crippen molar-refractivity contribution in [2.24, 2.45) is 5.92 Å². The fourth-order valence-corrected chi connectivity index (χ4v) is 4.30. The zero-order chi connectivity index (χ0) is 24.0. The lowest BCUT2D eigenvalue weighted by Crippen LogP contribution is -2.54. The monoisotopic (exact) mass is 459 g/mol. The highest BCUT2D eigenvalue weighted by molar-refractivity contribution is 6.09. The van der Waals surface area contributed by atoms with Crippen LogP contribution in [0.4, 0.5) is 10.5 Å². The first-order valence-corrected chi connectivity index (χ1v) is 11.1. The Morgan fingerprint density at radius 3 is 2.52 bits per heavy atom. The molecule has 10 heteroatoms. The molecule has 10 nitrogen and oxygen atoms in total. The van der Waals surface area contributed by atoms with Gasteiger partial charge in [0.2, 0.25) is 0 Å². The average Bonchev–Trinajstić information content (AvgIpc) is 3.03. The summed E-state index contributed by atoms with van der Waals surface area (Å²) in [5.41, 5.74) is -0.538. The number of para-hydroxylation sites is 1. The van der Waals surface area contributed by atoms with Gasteiger partial charge in [-0.25, -0.2) is 4.79 Å². The van der Waals surface area contributed by atoms with Crippen LogP contribution in [0.5, 0.6) is 0 Å². The van der Waals surface area contributed by atoms with Crippen molar-refractivity contribution in [2.45, 2.75) is 45.1 Å². The maximum Gasteiger partial charge on any atom is 0.326 e. The lowest BCUT2D eigenvalue weighted by molar-refractivity contribution is -0.151. The minimum absolute atomic E-state index is 0.0346. The van der Waals surface area contributed by atoms with Gasteiger partial charge >= 0.3 is 18.0 Å². The Labute approximate surface area is 192 Å². The Hall–Kier alpha value is -3.43. The van der Waals surface area contributed by atoms with Crippen molar-refractivity contribution in [1.82, 2.24) is 10.2 Å². The third kappa shape index (κ3) is 5.32. The zero-order valence-corrected chi connectivity index (χ0v) is 18.9. The zero-order valence-electron chi connectivity index (χ0n) is 18.9. The van der Waals surface area contributed by atoms with Gasteiger partial charge in [-0.1, -0.05) is 38.0 Å². The lowest BCUT2D eigenvalue weighted by Gasteiger charge is -2.36. The quantitative estimate of drug-likeness (QED) is 0.463. The smallest absolute Gasteiger partial charge is 0.326 e. The summed E-state index contributed by atoms with van der Waals surface area (Å²) in [5, 5.41) is 2.77. The molecule has 33 heavy (non-hydrogen) atoms. The summed E-state index contributed by atoms with van der Waals surface area (Å²) in [7, 11) is 0. The number of hydrogen-bond donors (Lipinski definition) is 1. The molecule has 178 valence electrons. The number of carbonyl (C=O) groups is 5. The number of amides is 4. The lowest BCUT2D eigenvalue weighted by atomic mass is 9.73. The average molecular weight is 459 g/mol. The summed E-state index contributed by atoms with van der Waals surface area (Å²) in [6.07, 6.45) is 3.15. The van der Waals surface area contributed by atoms with Crippen LogP contribution >= 0.6 is 0 Å². The number of carbonyl (C=O) groups excluding carboxylic acids is 5. The maximum absolute atomic E-state index is 13.0. The predicted octanol–water partition coefficient (Wildman–Crippen LogP) is 1.63. The molecule has 1 saturated carbocycles. The molecule has 2 unspecified atom stereocenters. The predicted molar refractivity (Wildman–Crippen MR) is 117 cm³/mol. The largest absolute Gasteiger partial charge is 0.465 e. The van der Waals surface area contributed by atoms with E-state index in [0.717, 1.165) is 29.1 Å². The van der Waals surface area contributed by atoms with Crippen molar-refractivity contribution >= 4 is 35.5 Å². The third-order valence-electron chi connectivity index (χ3n) is 6.11. The van der Waals surface area contributed by atoms with E-state index < -0.39 is 48.5 Å². The second kappa shape index (κ2) is 10.5. The Bertz CT molecular complexity index is 920. The Balaban J connectivity index is 1.60. The third-order valence-corrected chi connectivity index (χ3v) is 6.11. The van der Waals surface area contributed by atoms with Crippen LogP contribution < -0.4 is 10.2 Å². The molecule has 1 N–H and O–H groups in total. The van der Waals surface area contributed by atoms with Crippen LogP contribution in [-0.2, 0) is 28.7 Å². The van der Waals surface area contributed by atoms with Gasteiger partial charge in [0.05, 0.1) is 6.61 Å². The van der Waals surface area contributed by atoms with Crippen molar-refractivity contribution < 1.29 is 33.4 Å². The number of nitrogens with one attached hydrogen (secondary N) is 1. The highest BCUT2D eigenvalue weighted by atomic mass is 16.5. The number of esters is 2. The molecule has 1 spiro atoms. The summed E-state index contributed by atoms with van der Waals surface area (Å²) in [6, 6.07) is 7.80. The number of hydrogen-bond acceptors (Lipinski definition) is 7. The van der Waals surface area contributed by atoms with Crippen molar-refractivity contribution in [3.63, 3.8) is 0 Å². The summed E-state index contributed by atoms with van der Waals surface area (Å²) < 4.78 is 9.97. The van der Waals surface area contributed by atoms with Crippen LogP contribution in [0, 0.1) is 5.92 Å². The number of benzene rings is 1. The topological polar surface area (TPSA) is 122 Å².